The average molecular weight is 288 g/mol. The van der Waals surface area contributed by atoms with E-state index in [1.54, 1.807) is 0 Å². The minimum Gasteiger partial charge on any atom is -0.492 e. The number of hydrogen-bond donors (Lipinski definition) is 1. The SMILES string of the molecule is CCOc1ccccc1N1CC2(CCCC2)NCC1CC. The fourth-order valence-corrected chi connectivity index (χ4v) is 3.96. The molecule has 2 aliphatic rings. The van der Waals surface area contributed by atoms with Crippen LogP contribution >= 0.6 is 0 Å². The Morgan fingerprint density at radius 3 is 2.71 bits per heavy atom. The minimum atomic E-state index is 0.338. The van der Waals surface area contributed by atoms with Crippen LogP contribution in [0, 0.1) is 0 Å². The summed E-state index contributed by atoms with van der Waals surface area (Å²) < 4.78 is 5.87. The zero-order valence-corrected chi connectivity index (χ0v) is 13.4. The lowest BCUT2D eigenvalue weighted by Crippen LogP contribution is -2.63. The Hall–Kier alpha value is -1.22. The van der Waals surface area contributed by atoms with Gasteiger partial charge in [0, 0.05) is 24.7 Å². The largest absolute Gasteiger partial charge is 0.492 e. The van der Waals surface area contributed by atoms with Gasteiger partial charge >= 0.3 is 0 Å². The summed E-state index contributed by atoms with van der Waals surface area (Å²) in [5, 5.41) is 3.86. The maximum atomic E-state index is 5.87. The number of hydrogen-bond acceptors (Lipinski definition) is 3. The molecule has 1 aromatic carbocycles. The number of ether oxygens (including phenoxy) is 1. The minimum absolute atomic E-state index is 0.338. The Morgan fingerprint density at radius 1 is 1.24 bits per heavy atom. The van der Waals surface area contributed by atoms with Crippen LogP contribution < -0.4 is 15.0 Å². The highest BCUT2D eigenvalue weighted by Crippen LogP contribution is 2.38. The van der Waals surface area contributed by atoms with E-state index in [4.69, 9.17) is 4.74 Å². The summed E-state index contributed by atoms with van der Waals surface area (Å²) >= 11 is 0. The average Bonchev–Trinajstić information content (AvgIpc) is 2.96. The number of para-hydroxylation sites is 2. The monoisotopic (exact) mass is 288 g/mol. The molecule has 1 N–H and O–H groups in total. The molecule has 1 aliphatic carbocycles. The summed E-state index contributed by atoms with van der Waals surface area (Å²) in [6, 6.07) is 9.10. The highest BCUT2D eigenvalue weighted by molar-refractivity contribution is 5.60. The van der Waals surface area contributed by atoms with Gasteiger partial charge < -0.3 is 15.0 Å². The summed E-state index contributed by atoms with van der Waals surface area (Å²) in [5.41, 5.74) is 1.62. The van der Waals surface area contributed by atoms with Crippen LogP contribution in [0.2, 0.25) is 0 Å². The van der Waals surface area contributed by atoms with Crippen molar-refractivity contribution in [1.29, 1.82) is 0 Å². The lowest BCUT2D eigenvalue weighted by atomic mass is 9.91. The number of nitrogens with zero attached hydrogens (tertiary/aromatic N) is 1. The van der Waals surface area contributed by atoms with Gasteiger partial charge in [-0.2, -0.15) is 0 Å². The Bertz CT molecular complexity index is 468. The Labute approximate surface area is 128 Å². The van der Waals surface area contributed by atoms with Crippen molar-refractivity contribution in [3.05, 3.63) is 24.3 Å². The van der Waals surface area contributed by atoms with Crippen LogP contribution in [-0.2, 0) is 0 Å². The molecule has 1 spiro atoms. The smallest absolute Gasteiger partial charge is 0.142 e. The van der Waals surface area contributed by atoms with Gasteiger partial charge in [-0.3, -0.25) is 0 Å². The number of nitrogens with one attached hydrogen (secondary N) is 1. The molecule has 3 heteroatoms. The van der Waals surface area contributed by atoms with Crippen molar-refractivity contribution in [3.8, 4) is 5.75 Å². The van der Waals surface area contributed by atoms with Crippen LogP contribution in [-0.4, -0.2) is 31.3 Å². The standard InChI is InChI=1S/C18H28N2O/c1-3-15-13-19-18(11-7-8-12-18)14-20(15)16-9-5-6-10-17(16)21-4-2/h5-6,9-10,15,19H,3-4,7-8,11-14H2,1-2H3. The van der Waals surface area contributed by atoms with Crippen molar-refractivity contribution >= 4 is 5.69 Å². The third kappa shape index (κ3) is 2.89. The highest BCUT2D eigenvalue weighted by Gasteiger charge is 2.41. The fourth-order valence-electron chi connectivity index (χ4n) is 3.96. The van der Waals surface area contributed by atoms with Gasteiger partial charge in [0.2, 0.25) is 0 Å². The topological polar surface area (TPSA) is 24.5 Å². The summed E-state index contributed by atoms with van der Waals surface area (Å²) in [5.74, 6) is 1.04. The molecule has 1 unspecified atom stereocenters. The molecule has 3 nitrogen and oxygen atoms in total. The number of rotatable bonds is 4. The van der Waals surface area contributed by atoms with Crippen molar-refractivity contribution in [2.24, 2.45) is 0 Å². The lowest BCUT2D eigenvalue weighted by molar-refractivity contribution is 0.264. The molecule has 21 heavy (non-hydrogen) atoms. The molecule has 0 aromatic heterocycles. The molecule has 0 radical (unpaired) electrons. The molecule has 0 amide bonds. The summed E-state index contributed by atoms with van der Waals surface area (Å²) in [6.07, 6.45) is 6.53. The first kappa shape index (κ1) is 14.7. The molecular formula is C18H28N2O. The first-order valence-electron chi connectivity index (χ1n) is 8.51. The van der Waals surface area contributed by atoms with Crippen molar-refractivity contribution in [3.63, 3.8) is 0 Å². The molecule has 1 aromatic rings. The van der Waals surface area contributed by atoms with E-state index >= 15 is 0 Å². The van der Waals surface area contributed by atoms with Crippen LogP contribution in [0.3, 0.4) is 0 Å². The van der Waals surface area contributed by atoms with E-state index in [2.05, 4.69) is 48.3 Å². The molecule has 1 saturated heterocycles. The number of anilines is 1. The van der Waals surface area contributed by atoms with Gasteiger partial charge in [-0.1, -0.05) is 31.9 Å². The van der Waals surface area contributed by atoms with E-state index in [-0.39, 0.29) is 0 Å². The van der Waals surface area contributed by atoms with Gasteiger partial charge in [-0.25, -0.2) is 0 Å². The van der Waals surface area contributed by atoms with Crippen LogP contribution in [0.4, 0.5) is 5.69 Å². The normalized spacial score (nSPS) is 24.5. The van der Waals surface area contributed by atoms with E-state index in [1.165, 1.54) is 37.8 Å². The van der Waals surface area contributed by atoms with E-state index in [9.17, 15) is 0 Å². The van der Waals surface area contributed by atoms with E-state index < -0.39 is 0 Å². The second-order valence-electron chi connectivity index (χ2n) is 6.46. The van der Waals surface area contributed by atoms with Crippen LogP contribution in [0.1, 0.15) is 46.0 Å². The van der Waals surface area contributed by atoms with Crippen LogP contribution in [0.5, 0.6) is 5.75 Å². The molecule has 1 heterocycles. The highest BCUT2D eigenvalue weighted by atomic mass is 16.5. The molecule has 3 rings (SSSR count). The van der Waals surface area contributed by atoms with Crippen molar-refractivity contribution in [2.75, 3.05) is 24.6 Å². The number of piperazine rings is 1. The predicted octanol–water partition coefficient (Wildman–Crippen LogP) is 3.59. The van der Waals surface area contributed by atoms with Gasteiger partial charge in [0.25, 0.3) is 0 Å². The second-order valence-corrected chi connectivity index (χ2v) is 6.46. The third-order valence-electron chi connectivity index (χ3n) is 5.13. The second kappa shape index (κ2) is 6.27. The molecule has 0 bridgehead atoms. The Morgan fingerprint density at radius 2 is 2.00 bits per heavy atom. The summed E-state index contributed by atoms with van der Waals surface area (Å²) in [6.45, 7) is 7.29. The fraction of sp³-hybridized carbons (Fsp3) is 0.667. The Kier molecular flexibility index (Phi) is 4.39. The first-order chi connectivity index (χ1) is 10.3. The van der Waals surface area contributed by atoms with Crippen molar-refractivity contribution < 1.29 is 4.74 Å². The molecule has 1 atom stereocenters. The van der Waals surface area contributed by atoms with Crippen molar-refractivity contribution in [1.82, 2.24) is 5.32 Å². The van der Waals surface area contributed by atoms with Gasteiger partial charge in [0.05, 0.1) is 12.3 Å². The quantitative estimate of drug-likeness (QED) is 0.916. The van der Waals surface area contributed by atoms with E-state index in [0.717, 1.165) is 25.4 Å². The summed E-state index contributed by atoms with van der Waals surface area (Å²) in [7, 11) is 0. The zero-order valence-electron chi connectivity index (χ0n) is 13.4. The van der Waals surface area contributed by atoms with Crippen LogP contribution in [0.25, 0.3) is 0 Å². The van der Waals surface area contributed by atoms with E-state index in [0.29, 0.717) is 11.6 Å². The molecule has 1 saturated carbocycles. The van der Waals surface area contributed by atoms with E-state index in [1.807, 2.05) is 0 Å². The molecule has 1 aliphatic heterocycles. The van der Waals surface area contributed by atoms with Gasteiger partial charge in [-0.15, -0.1) is 0 Å². The van der Waals surface area contributed by atoms with Crippen molar-refractivity contribution in [2.45, 2.75) is 57.5 Å². The third-order valence-corrected chi connectivity index (χ3v) is 5.13. The molecule has 2 fully saturated rings. The molecule has 116 valence electrons. The maximum Gasteiger partial charge on any atom is 0.142 e. The van der Waals surface area contributed by atoms with Gasteiger partial charge in [-0.05, 0) is 38.3 Å². The summed E-state index contributed by atoms with van der Waals surface area (Å²) in [4.78, 5) is 2.60. The lowest BCUT2D eigenvalue weighted by Gasteiger charge is -2.47. The number of benzene rings is 1. The zero-order chi connectivity index (χ0) is 14.7. The van der Waals surface area contributed by atoms with Gasteiger partial charge in [0.1, 0.15) is 5.75 Å². The van der Waals surface area contributed by atoms with Gasteiger partial charge in [0.15, 0.2) is 0 Å². The predicted molar refractivity (Wildman–Crippen MR) is 88.2 cm³/mol. The Balaban J connectivity index is 1.89. The maximum absolute atomic E-state index is 5.87. The molecular weight excluding hydrogens is 260 g/mol. The first-order valence-corrected chi connectivity index (χ1v) is 8.51. The van der Waals surface area contributed by atoms with Crippen LogP contribution in [0.15, 0.2) is 24.3 Å².